The van der Waals surface area contributed by atoms with E-state index in [4.69, 9.17) is 27.6 Å². The highest BCUT2D eigenvalue weighted by atomic mass is 35.5. The summed E-state index contributed by atoms with van der Waals surface area (Å²) in [4.78, 5) is 29.6. The van der Waals surface area contributed by atoms with E-state index in [0.29, 0.717) is 34.6 Å². The monoisotopic (exact) mass is 495 g/mol. The van der Waals surface area contributed by atoms with Crippen molar-refractivity contribution in [2.75, 3.05) is 24.5 Å². The molecule has 5 N–H and O–H groups in total. The summed E-state index contributed by atoms with van der Waals surface area (Å²) in [5.74, 6) is -0.144. The summed E-state index contributed by atoms with van der Waals surface area (Å²) in [6.45, 7) is 0.919. The Labute approximate surface area is 199 Å². The summed E-state index contributed by atoms with van der Waals surface area (Å²) in [6, 6.07) is 7.85. The fraction of sp³-hybridized carbons (Fsp3) is 0.333. The van der Waals surface area contributed by atoms with Gasteiger partial charge in [-0.25, -0.2) is 5.32 Å². The lowest BCUT2D eigenvalue weighted by Gasteiger charge is -2.42. The molecule has 176 valence electrons. The second-order valence-electron chi connectivity index (χ2n) is 7.59. The van der Waals surface area contributed by atoms with Crippen molar-refractivity contribution >= 4 is 40.7 Å². The average Bonchev–Trinajstić information content (AvgIpc) is 3.31. The first-order chi connectivity index (χ1) is 15.8. The number of anilines is 1. The van der Waals surface area contributed by atoms with Crippen LogP contribution in [-0.2, 0) is 16.1 Å². The minimum atomic E-state index is -1.27. The molecule has 2 aromatic rings. The Bertz CT molecular complexity index is 1050. The first-order valence-corrected chi connectivity index (χ1v) is 11.0. The molecule has 3 atom stereocenters. The molecule has 2 aliphatic rings. The lowest BCUT2D eigenvalue weighted by molar-refractivity contribution is -0.131. The molecule has 33 heavy (non-hydrogen) atoms. The Morgan fingerprint density at radius 2 is 2.00 bits per heavy atom. The first kappa shape index (κ1) is 23.4. The summed E-state index contributed by atoms with van der Waals surface area (Å²) in [5.41, 5.74) is 0.742. The SMILES string of the molecule is O=C(NCc1ccco1)[C@H]1CN(C(=O)C2=CC(O)NC(O)N2)CCN1c1ccc(Cl)c(Cl)c1. The molecule has 1 fully saturated rings. The zero-order chi connectivity index (χ0) is 23.5. The number of aliphatic hydroxyl groups excluding tert-OH is 2. The number of aliphatic hydroxyl groups is 2. The largest absolute Gasteiger partial charge is 0.467 e. The van der Waals surface area contributed by atoms with Gasteiger partial charge in [0.05, 0.1) is 29.4 Å². The van der Waals surface area contributed by atoms with E-state index in [-0.39, 0.29) is 24.7 Å². The van der Waals surface area contributed by atoms with Gasteiger partial charge in [0, 0.05) is 18.8 Å². The van der Waals surface area contributed by atoms with Gasteiger partial charge in [0.2, 0.25) is 5.91 Å². The zero-order valence-corrected chi connectivity index (χ0v) is 18.9. The van der Waals surface area contributed by atoms with Gasteiger partial charge in [-0.2, -0.15) is 0 Å². The number of carbonyl (C=O) groups is 2. The molecule has 10 nitrogen and oxygen atoms in total. The molecule has 1 aromatic carbocycles. The van der Waals surface area contributed by atoms with Crippen LogP contribution in [0.25, 0.3) is 0 Å². The molecular weight excluding hydrogens is 473 g/mol. The van der Waals surface area contributed by atoms with Gasteiger partial charge >= 0.3 is 0 Å². The number of amides is 2. The Kier molecular flexibility index (Phi) is 7.11. The van der Waals surface area contributed by atoms with E-state index in [1.165, 1.54) is 17.2 Å². The number of nitrogens with zero attached hydrogens (tertiary/aromatic N) is 2. The second-order valence-corrected chi connectivity index (χ2v) is 8.41. The molecule has 3 heterocycles. The smallest absolute Gasteiger partial charge is 0.270 e. The summed E-state index contributed by atoms with van der Waals surface area (Å²) >= 11 is 12.2. The van der Waals surface area contributed by atoms with Crippen molar-refractivity contribution in [3.63, 3.8) is 0 Å². The highest BCUT2D eigenvalue weighted by molar-refractivity contribution is 6.42. The highest BCUT2D eigenvalue weighted by Gasteiger charge is 2.36. The van der Waals surface area contributed by atoms with Crippen molar-refractivity contribution in [1.29, 1.82) is 0 Å². The standard InChI is InChI=1S/C21H23Cl2N5O5/c22-14-4-3-12(8-15(14)23)28-6-5-27(20(31)16-9-18(29)26-21(32)25-16)11-17(28)19(30)24-10-13-2-1-7-33-13/h1-4,7-9,17-18,21,25-26,29,32H,5-6,10-11H2,(H,24,30)/t17-,18?,21?/m1/s1. The molecule has 2 unspecified atom stereocenters. The number of nitrogens with one attached hydrogen (secondary N) is 3. The predicted molar refractivity (Wildman–Crippen MR) is 121 cm³/mol. The van der Waals surface area contributed by atoms with Gasteiger partial charge in [-0.3, -0.25) is 9.59 Å². The number of hydrogen-bond acceptors (Lipinski definition) is 8. The predicted octanol–water partition coefficient (Wildman–Crippen LogP) is 0.591. The van der Waals surface area contributed by atoms with E-state index >= 15 is 0 Å². The third kappa shape index (κ3) is 5.43. The van der Waals surface area contributed by atoms with Gasteiger partial charge < -0.3 is 35.1 Å². The quantitative estimate of drug-likeness (QED) is 0.407. The second kappa shape index (κ2) is 10.0. The fourth-order valence-corrected chi connectivity index (χ4v) is 4.07. The molecule has 12 heteroatoms. The van der Waals surface area contributed by atoms with Crippen LogP contribution in [0.5, 0.6) is 0 Å². The molecule has 0 spiro atoms. The van der Waals surface area contributed by atoms with E-state index in [1.54, 1.807) is 30.3 Å². The van der Waals surface area contributed by atoms with Gasteiger partial charge in [-0.1, -0.05) is 23.2 Å². The summed E-state index contributed by atoms with van der Waals surface area (Å²) in [7, 11) is 0. The van der Waals surface area contributed by atoms with Crippen molar-refractivity contribution in [2.24, 2.45) is 0 Å². The molecule has 2 amide bonds. The van der Waals surface area contributed by atoms with E-state index in [1.807, 2.05) is 4.90 Å². The van der Waals surface area contributed by atoms with Gasteiger partial charge in [-0.05, 0) is 36.4 Å². The van der Waals surface area contributed by atoms with E-state index in [2.05, 4.69) is 16.0 Å². The van der Waals surface area contributed by atoms with Crippen molar-refractivity contribution in [1.82, 2.24) is 20.9 Å². The zero-order valence-electron chi connectivity index (χ0n) is 17.4. The van der Waals surface area contributed by atoms with E-state index in [9.17, 15) is 19.8 Å². The molecule has 0 saturated carbocycles. The number of benzene rings is 1. The lowest BCUT2D eigenvalue weighted by atomic mass is 10.1. The Morgan fingerprint density at radius 3 is 2.70 bits per heavy atom. The van der Waals surface area contributed by atoms with Crippen molar-refractivity contribution in [2.45, 2.75) is 25.2 Å². The Morgan fingerprint density at radius 1 is 1.18 bits per heavy atom. The maximum absolute atomic E-state index is 13.2. The number of carbonyl (C=O) groups excluding carboxylic acids is 2. The molecule has 1 aromatic heterocycles. The number of halogens is 2. The van der Waals surface area contributed by atoms with Gasteiger partial charge in [0.15, 0.2) is 6.35 Å². The highest BCUT2D eigenvalue weighted by Crippen LogP contribution is 2.29. The van der Waals surface area contributed by atoms with Crippen molar-refractivity contribution < 1.29 is 24.2 Å². The van der Waals surface area contributed by atoms with Gasteiger partial charge in [0.1, 0.15) is 23.7 Å². The van der Waals surface area contributed by atoms with Gasteiger partial charge in [0.25, 0.3) is 5.91 Å². The summed E-state index contributed by atoms with van der Waals surface area (Å²) < 4.78 is 5.28. The van der Waals surface area contributed by atoms with Crippen LogP contribution in [-0.4, -0.2) is 65.2 Å². The molecule has 1 saturated heterocycles. The topological polar surface area (TPSA) is 130 Å². The van der Waals surface area contributed by atoms with Gasteiger partial charge in [-0.15, -0.1) is 0 Å². The summed E-state index contributed by atoms with van der Waals surface area (Å²) in [5, 5.41) is 28.1. The van der Waals surface area contributed by atoms with Crippen LogP contribution in [0.2, 0.25) is 10.0 Å². The molecule has 0 aliphatic carbocycles. The molecular formula is C21H23Cl2N5O5. The number of hydrogen-bond donors (Lipinski definition) is 5. The number of rotatable bonds is 5. The lowest BCUT2D eigenvalue weighted by Crippen LogP contribution is -2.61. The summed E-state index contributed by atoms with van der Waals surface area (Å²) in [6.07, 6.45) is 0.346. The minimum Gasteiger partial charge on any atom is -0.467 e. The molecule has 0 bridgehead atoms. The molecule has 0 radical (unpaired) electrons. The molecule has 4 rings (SSSR count). The third-order valence-corrected chi connectivity index (χ3v) is 6.14. The number of furan rings is 1. The van der Waals surface area contributed by atoms with E-state index < -0.39 is 24.5 Å². The first-order valence-electron chi connectivity index (χ1n) is 10.2. The normalized spacial score (nSPS) is 23.0. The fourth-order valence-electron chi connectivity index (χ4n) is 3.78. The third-order valence-electron chi connectivity index (χ3n) is 5.40. The van der Waals surface area contributed by atoms with Crippen molar-refractivity contribution in [3.05, 3.63) is 64.2 Å². The van der Waals surface area contributed by atoms with Crippen molar-refractivity contribution in [3.8, 4) is 0 Å². The van der Waals surface area contributed by atoms with Crippen LogP contribution in [0.1, 0.15) is 5.76 Å². The van der Waals surface area contributed by atoms with Crippen LogP contribution in [0.15, 0.2) is 52.8 Å². The average molecular weight is 496 g/mol. The maximum Gasteiger partial charge on any atom is 0.270 e. The van der Waals surface area contributed by atoms with Crippen LogP contribution in [0.4, 0.5) is 5.69 Å². The minimum absolute atomic E-state index is 0.0477. The van der Waals surface area contributed by atoms with Crippen LogP contribution in [0, 0.1) is 0 Å². The van der Waals surface area contributed by atoms with E-state index in [0.717, 1.165) is 0 Å². The van der Waals surface area contributed by atoms with Crippen LogP contribution >= 0.6 is 23.2 Å². The number of piperazine rings is 1. The maximum atomic E-state index is 13.2. The van der Waals surface area contributed by atoms with Crippen LogP contribution < -0.4 is 20.9 Å². The van der Waals surface area contributed by atoms with Crippen LogP contribution in [0.3, 0.4) is 0 Å². The Balaban J connectivity index is 1.55. The molecule has 2 aliphatic heterocycles. The Hall–Kier alpha value is -2.76.